The van der Waals surface area contributed by atoms with Crippen LogP contribution in [0, 0.1) is 0 Å². The zero-order chi connectivity index (χ0) is 16.5. The predicted octanol–water partition coefficient (Wildman–Crippen LogP) is 2.21. The molecule has 7 heteroatoms. The monoisotopic (exact) mass is 343 g/mol. The van der Waals surface area contributed by atoms with Crippen molar-refractivity contribution in [3.8, 4) is 0 Å². The Morgan fingerprint density at radius 3 is 3.08 bits per heavy atom. The van der Waals surface area contributed by atoms with Gasteiger partial charge >= 0.3 is 0 Å². The molecule has 4 rings (SSSR count). The molecular formula is C17H18ClN5O. The van der Waals surface area contributed by atoms with Gasteiger partial charge in [0, 0.05) is 37.2 Å². The smallest absolute Gasteiger partial charge is 0.258 e. The van der Waals surface area contributed by atoms with Crippen LogP contribution in [0.4, 0.5) is 0 Å². The SMILES string of the molecule is O=c1cc(CN2CCC[C@@H]2Cn2cccn2)nc2ccc(Cl)cn12. The zero-order valence-corrected chi connectivity index (χ0v) is 13.9. The molecule has 24 heavy (non-hydrogen) atoms. The molecule has 124 valence electrons. The third-order valence-corrected chi connectivity index (χ3v) is 4.72. The van der Waals surface area contributed by atoms with E-state index in [0.717, 1.165) is 31.6 Å². The number of aromatic nitrogens is 4. The Bertz CT molecular complexity index is 905. The first-order valence-corrected chi connectivity index (χ1v) is 8.46. The maximum absolute atomic E-state index is 12.3. The van der Waals surface area contributed by atoms with Gasteiger partial charge in [0.25, 0.3) is 5.56 Å². The average Bonchev–Trinajstić information content (AvgIpc) is 3.21. The van der Waals surface area contributed by atoms with Gasteiger partial charge in [-0.25, -0.2) is 4.98 Å². The highest BCUT2D eigenvalue weighted by Gasteiger charge is 2.25. The molecule has 3 aromatic rings. The van der Waals surface area contributed by atoms with Crippen molar-refractivity contribution in [1.82, 2.24) is 24.1 Å². The third kappa shape index (κ3) is 3.07. The molecule has 0 aromatic carbocycles. The molecule has 0 N–H and O–H groups in total. The van der Waals surface area contributed by atoms with Crippen LogP contribution in [0.15, 0.2) is 47.7 Å². The van der Waals surface area contributed by atoms with E-state index < -0.39 is 0 Å². The molecule has 0 unspecified atom stereocenters. The summed E-state index contributed by atoms with van der Waals surface area (Å²) in [5, 5.41) is 4.82. The van der Waals surface area contributed by atoms with Gasteiger partial charge in [-0.1, -0.05) is 11.6 Å². The van der Waals surface area contributed by atoms with Crippen LogP contribution in [0.1, 0.15) is 18.5 Å². The van der Waals surface area contributed by atoms with Crippen LogP contribution in [0.3, 0.4) is 0 Å². The number of rotatable bonds is 4. The lowest BCUT2D eigenvalue weighted by Gasteiger charge is -2.24. The Balaban J connectivity index is 1.57. The topological polar surface area (TPSA) is 55.4 Å². The van der Waals surface area contributed by atoms with E-state index in [0.29, 0.717) is 23.3 Å². The van der Waals surface area contributed by atoms with Gasteiger partial charge in [0.1, 0.15) is 5.65 Å². The minimum Gasteiger partial charge on any atom is -0.293 e. The number of pyridine rings is 1. The summed E-state index contributed by atoms with van der Waals surface area (Å²) in [6.07, 6.45) is 7.69. The highest BCUT2D eigenvalue weighted by Crippen LogP contribution is 2.20. The Hall–Kier alpha value is -2.18. The number of halogens is 1. The Labute approximate surface area is 144 Å². The first-order chi connectivity index (χ1) is 11.7. The lowest BCUT2D eigenvalue weighted by atomic mass is 10.2. The molecule has 4 heterocycles. The fourth-order valence-electron chi connectivity index (χ4n) is 3.35. The van der Waals surface area contributed by atoms with Crippen molar-refractivity contribution >= 4 is 17.2 Å². The lowest BCUT2D eigenvalue weighted by Crippen LogP contribution is -2.33. The summed E-state index contributed by atoms with van der Waals surface area (Å²) in [7, 11) is 0. The van der Waals surface area contributed by atoms with Crippen molar-refractivity contribution < 1.29 is 0 Å². The zero-order valence-electron chi connectivity index (χ0n) is 13.2. The van der Waals surface area contributed by atoms with E-state index in [9.17, 15) is 4.79 Å². The van der Waals surface area contributed by atoms with Crippen LogP contribution in [-0.4, -0.2) is 36.7 Å². The van der Waals surface area contributed by atoms with Crippen LogP contribution >= 0.6 is 11.6 Å². The lowest BCUT2D eigenvalue weighted by molar-refractivity contribution is 0.217. The van der Waals surface area contributed by atoms with Gasteiger partial charge in [0.05, 0.1) is 17.3 Å². The second-order valence-electron chi connectivity index (χ2n) is 6.16. The summed E-state index contributed by atoms with van der Waals surface area (Å²) >= 11 is 5.95. The van der Waals surface area contributed by atoms with Gasteiger partial charge in [-0.3, -0.25) is 18.8 Å². The van der Waals surface area contributed by atoms with Gasteiger partial charge in [-0.15, -0.1) is 0 Å². The van der Waals surface area contributed by atoms with Crippen molar-refractivity contribution in [2.75, 3.05) is 6.54 Å². The van der Waals surface area contributed by atoms with E-state index >= 15 is 0 Å². The fraction of sp³-hybridized carbons (Fsp3) is 0.353. The molecule has 0 spiro atoms. The standard InChI is InChI=1S/C17H18ClN5O/c18-13-4-5-16-20-14(9-17(24)23(16)10-13)11-21-7-1-3-15(21)12-22-8-2-6-19-22/h2,4-6,8-10,15H,1,3,7,11-12H2/t15-/m1/s1. The van der Waals surface area contributed by atoms with E-state index in [1.807, 2.05) is 16.9 Å². The van der Waals surface area contributed by atoms with E-state index in [-0.39, 0.29) is 5.56 Å². The van der Waals surface area contributed by atoms with Crippen molar-refractivity contribution in [3.05, 3.63) is 63.9 Å². The molecule has 0 saturated carbocycles. The van der Waals surface area contributed by atoms with Crippen molar-refractivity contribution in [2.45, 2.75) is 32.0 Å². The molecule has 1 fully saturated rings. The van der Waals surface area contributed by atoms with Crippen LogP contribution in [-0.2, 0) is 13.1 Å². The number of hydrogen-bond acceptors (Lipinski definition) is 4. The molecule has 6 nitrogen and oxygen atoms in total. The summed E-state index contributed by atoms with van der Waals surface area (Å²) in [6, 6.07) is 7.50. The second kappa shape index (κ2) is 6.37. The molecule has 1 aliphatic rings. The largest absolute Gasteiger partial charge is 0.293 e. The quantitative estimate of drug-likeness (QED) is 0.729. The Morgan fingerprint density at radius 2 is 2.25 bits per heavy atom. The maximum atomic E-state index is 12.3. The van der Waals surface area contributed by atoms with Gasteiger partial charge in [0.15, 0.2) is 0 Å². The number of hydrogen-bond donors (Lipinski definition) is 0. The first kappa shape index (κ1) is 15.4. The van der Waals surface area contributed by atoms with Crippen molar-refractivity contribution in [1.29, 1.82) is 0 Å². The molecule has 1 atom stereocenters. The van der Waals surface area contributed by atoms with Crippen LogP contribution in [0.5, 0.6) is 0 Å². The molecule has 0 aliphatic carbocycles. The molecule has 0 amide bonds. The summed E-state index contributed by atoms with van der Waals surface area (Å²) in [6.45, 7) is 2.57. The predicted molar refractivity (Wildman–Crippen MR) is 92.1 cm³/mol. The summed E-state index contributed by atoms with van der Waals surface area (Å²) < 4.78 is 3.45. The van der Waals surface area contributed by atoms with E-state index in [1.165, 1.54) is 4.40 Å². The minimum absolute atomic E-state index is 0.0969. The highest BCUT2D eigenvalue weighted by atomic mass is 35.5. The van der Waals surface area contributed by atoms with Crippen molar-refractivity contribution in [3.63, 3.8) is 0 Å². The van der Waals surface area contributed by atoms with Crippen LogP contribution in [0.25, 0.3) is 5.65 Å². The minimum atomic E-state index is -0.0969. The van der Waals surface area contributed by atoms with Gasteiger partial charge in [0.2, 0.25) is 0 Å². The van der Waals surface area contributed by atoms with Gasteiger partial charge < -0.3 is 0 Å². The maximum Gasteiger partial charge on any atom is 0.258 e. The Kier molecular flexibility index (Phi) is 4.08. The Morgan fingerprint density at radius 1 is 1.33 bits per heavy atom. The molecule has 0 radical (unpaired) electrons. The normalized spacial score (nSPS) is 18.5. The van der Waals surface area contributed by atoms with E-state index in [2.05, 4.69) is 15.0 Å². The first-order valence-electron chi connectivity index (χ1n) is 8.08. The van der Waals surface area contributed by atoms with Gasteiger partial charge in [-0.05, 0) is 37.6 Å². The second-order valence-corrected chi connectivity index (χ2v) is 6.59. The molecule has 1 saturated heterocycles. The molecule has 3 aromatic heterocycles. The van der Waals surface area contributed by atoms with Crippen LogP contribution in [0.2, 0.25) is 5.02 Å². The number of likely N-dealkylation sites (tertiary alicyclic amines) is 1. The number of fused-ring (bicyclic) bond motifs is 1. The van der Waals surface area contributed by atoms with E-state index in [1.54, 1.807) is 30.6 Å². The molecule has 0 bridgehead atoms. The van der Waals surface area contributed by atoms with Crippen molar-refractivity contribution in [2.24, 2.45) is 0 Å². The molecule has 1 aliphatic heterocycles. The van der Waals surface area contributed by atoms with Gasteiger partial charge in [-0.2, -0.15) is 5.10 Å². The highest BCUT2D eigenvalue weighted by molar-refractivity contribution is 6.30. The van der Waals surface area contributed by atoms with Crippen LogP contribution < -0.4 is 5.56 Å². The summed E-state index contributed by atoms with van der Waals surface area (Å²) in [5.41, 5.74) is 1.33. The number of nitrogens with zero attached hydrogens (tertiary/aromatic N) is 5. The van der Waals surface area contributed by atoms with E-state index in [4.69, 9.17) is 11.6 Å². The fourth-order valence-corrected chi connectivity index (χ4v) is 3.51. The third-order valence-electron chi connectivity index (χ3n) is 4.50. The summed E-state index contributed by atoms with van der Waals surface area (Å²) in [4.78, 5) is 19.3. The molecular weight excluding hydrogens is 326 g/mol. The summed E-state index contributed by atoms with van der Waals surface area (Å²) in [5.74, 6) is 0. The average molecular weight is 344 g/mol.